The van der Waals surface area contributed by atoms with Gasteiger partial charge in [0.2, 0.25) is 0 Å². The molecule has 1 N–H and O–H groups in total. The molecule has 2 rings (SSSR count). The van der Waals surface area contributed by atoms with Gasteiger partial charge in [-0.2, -0.15) is 0 Å². The number of allylic oxidation sites excluding steroid dienone is 1. The van der Waals surface area contributed by atoms with Crippen molar-refractivity contribution < 1.29 is 9.90 Å². The van der Waals surface area contributed by atoms with E-state index in [9.17, 15) is 9.90 Å². The Balaban J connectivity index is 2.15. The first-order chi connectivity index (χ1) is 7.86. The Morgan fingerprint density at radius 3 is 2.41 bits per heavy atom. The van der Waals surface area contributed by atoms with Gasteiger partial charge in [-0.25, -0.2) is 0 Å². The fourth-order valence-corrected chi connectivity index (χ4v) is 3.24. The molecular weight excluding hydrogens is 212 g/mol. The standard InChI is InChI=1S/C15H24O2/c1-14(2,3)12-9-15(10-12,13(16)17)11-7-5-4-6-8-11/h7,12H,4-6,8-10H2,1-3H3,(H,16,17). The second-order valence-electron chi connectivity index (χ2n) is 6.83. The van der Waals surface area contributed by atoms with E-state index in [1.165, 1.54) is 18.4 Å². The van der Waals surface area contributed by atoms with Gasteiger partial charge in [0, 0.05) is 0 Å². The van der Waals surface area contributed by atoms with E-state index < -0.39 is 11.4 Å². The van der Waals surface area contributed by atoms with Crippen LogP contribution in [0.3, 0.4) is 0 Å². The number of hydrogen-bond acceptors (Lipinski definition) is 1. The lowest BCUT2D eigenvalue weighted by molar-refractivity contribution is -0.157. The van der Waals surface area contributed by atoms with Crippen LogP contribution in [0.2, 0.25) is 0 Å². The fraction of sp³-hybridized carbons (Fsp3) is 0.800. The largest absolute Gasteiger partial charge is 0.481 e. The molecule has 17 heavy (non-hydrogen) atoms. The lowest BCUT2D eigenvalue weighted by Crippen LogP contribution is -2.49. The SMILES string of the molecule is CC(C)(C)C1CC(C(=O)O)(C2=CCCCC2)C1. The van der Waals surface area contributed by atoms with Crippen molar-refractivity contribution >= 4 is 5.97 Å². The molecule has 2 nitrogen and oxygen atoms in total. The van der Waals surface area contributed by atoms with Crippen molar-refractivity contribution in [1.29, 1.82) is 0 Å². The molecule has 1 fully saturated rings. The summed E-state index contributed by atoms with van der Waals surface area (Å²) in [5.74, 6) is -0.0347. The average Bonchev–Trinajstić information content (AvgIpc) is 2.14. The van der Waals surface area contributed by atoms with Crippen molar-refractivity contribution in [3.8, 4) is 0 Å². The molecule has 2 aliphatic carbocycles. The van der Waals surface area contributed by atoms with E-state index in [2.05, 4.69) is 26.8 Å². The Labute approximate surface area is 104 Å². The number of rotatable bonds is 2. The summed E-state index contributed by atoms with van der Waals surface area (Å²) in [4.78, 5) is 11.6. The maximum atomic E-state index is 11.6. The van der Waals surface area contributed by atoms with E-state index in [-0.39, 0.29) is 5.41 Å². The van der Waals surface area contributed by atoms with E-state index in [0.29, 0.717) is 5.92 Å². The van der Waals surface area contributed by atoms with Gasteiger partial charge in [-0.05, 0) is 49.9 Å². The van der Waals surface area contributed by atoms with E-state index in [0.717, 1.165) is 25.7 Å². The van der Waals surface area contributed by atoms with Gasteiger partial charge in [0.05, 0.1) is 5.41 Å². The molecule has 0 amide bonds. The zero-order valence-electron chi connectivity index (χ0n) is 11.3. The molecule has 0 aromatic rings. The zero-order valence-corrected chi connectivity index (χ0v) is 11.3. The molecule has 0 aromatic heterocycles. The summed E-state index contributed by atoms with van der Waals surface area (Å²) in [5, 5.41) is 9.58. The molecule has 0 bridgehead atoms. The Morgan fingerprint density at radius 2 is 2.00 bits per heavy atom. The molecular formula is C15H24O2. The van der Waals surface area contributed by atoms with Crippen LogP contribution in [-0.4, -0.2) is 11.1 Å². The summed E-state index contributed by atoms with van der Waals surface area (Å²) in [6.45, 7) is 6.66. The van der Waals surface area contributed by atoms with Gasteiger partial charge in [-0.15, -0.1) is 0 Å². The van der Waals surface area contributed by atoms with Crippen molar-refractivity contribution in [2.45, 2.75) is 59.3 Å². The minimum Gasteiger partial charge on any atom is -0.481 e. The summed E-state index contributed by atoms with van der Waals surface area (Å²) < 4.78 is 0. The third-order valence-electron chi connectivity index (χ3n) is 4.73. The van der Waals surface area contributed by atoms with Gasteiger partial charge in [-0.1, -0.05) is 32.4 Å². The predicted octanol–water partition coefficient (Wildman–Crippen LogP) is 4.01. The van der Waals surface area contributed by atoms with Gasteiger partial charge in [0.25, 0.3) is 0 Å². The summed E-state index contributed by atoms with van der Waals surface area (Å²) in [7, 11) is 0. The van der Waals surface area contributed by atoms with E-state index in [4.69, 9.17) is 0 Å². The van der Waals surface area contributed by atoms with Crippen molar-refractivity contribution in [1.82, 2.24) is 0 Å². The van der Waals surface area contributed by atoms with Crippen molar-refractivity contribution in [2.24, 2.45) is 16.7 Å². The van der Waals surface area contributed by atoms with Crippen LogP contribution < -0.4 is 0 Å². The minimum absolute atomic E-state index is 0.244. The molecule has 2 aliphatic rings. The number of carboxylic acid groups (broad SMARTS) is 1. The molecule has 1 saturated carbocycles. The second-order valence-corrected chi connectivity index (χ2v) is 6.83. The number of carbonyl (C=O) groups is 1. The topological polar surface area (TPSA) is 37.3 Å². The van der Waals surface area contributed by atoms with E-state index >= 15 is 0 Å². The average molecular weight is 236 g/mol. The third kappa shape index (κ3) is 2.14. The predicted molar refractivity (Wildman–Crippen MR) is 68.8 cm³/mol. The smallest absolute Gasteiger partial charge is 0.313 e. The Morgan fingerprint density at radius 1 is 1.35 bits per heavy atom. The van der Waals surface area contributed by atoms with Crippen LogP contribution >= 0.6 is 0 Å². The summed E-state index contributed by atoms with van der Waals surface area (Å²) >= 11 is 0. The lowest BCUT2D eigenvalue weighted by atomic mass is 9.51. The zero-order chi connectivity index (χ0) is 12.7. The Hall–Kier alpha value is -0.790. The highest BCUT2D eigenvalue weighted by atomic mass is 16.4. The molecule has 0 unspecified atom stereocenters. The molecule has 0 radical (unpaired) electrons. The maximum Gasteiger partial charge on any atom is 0.313 e. The van der Waals surface area contributed by atoms with Crippen LogP contribution in [0.25, 0.3) is 0 Å². The molecule has 0 atom stereocenters. The lowest BCUT2D eigenvalue weighted by Gasteiger charge is -2.52. The van der Waals surface area contributed by atoms with Gasteiger partial charge >= 0.3 is 5.97 Å². The fourth-order valence-electron chi connectivity index (χ4n) is 3.24. The molecule has 96 valence electrons. The highest BCUT2D eigenvalue weighted by molar-refractivity contribution is 5.80. The van der Waals surface area contributed by atoms with Crippen LogP contribution in [0.1, 0.15) is 59.3 Å². The third-order valence-corrected chi connectivity index (χ3v) is 4.73. The first kappa shape index (κ1) is 12.7. The van der Waals surface area contributed by atoms with Crippen LogP contribution in [0.4, 0.5) is 0 Å². The van der Waals surface area contributed by atoms with Gasteiger partial charge in [0.1, 0.15) is 0 Å². The molecule has 0 saturated heterocycles. The maximum absolute atomic E-state index is 11.6. The molecule has 0 aromatic carbocycles. The van der Waals surface area contributed by atoms with Gasteiger partial charge < -0.3 is 5.11 Å². The molecule has 2 heteroatoms. The first-order valence-electron chi connectivity index (χ1n) is 6.79. The summed E-state index contributed by atoms with van der Waals surface area (Å²) in [5.41, 5.74) is 0.962. The van der Waals surface area contributed by atoms with Crippen molar-refractivity contribution in [3.05, 3.63) is 11.6 Å². The van der Waals surface area contributed by atoms with Crippen molar-refractivity contribution in [3.63, 3.8) is 0 Å². The minimum atomic E-state index is -0.592. The Kier molecular flexibility index (Phi) is 3.09. The highest BCUT2D eigenvalue weighted by Crippen LogP contribution is 2.58. The Bertz CT molecular complexity index is 340. The van der Waals surface area contributed by atoms with Crippen LogP contribution in [-0.2, 0) is 4.79 Å². The summed E-state index contributed by atoms with van der Waals surface area (Å²) in [6.07, 6.45) is 8.36. The van der Waals surface area contributed by atoms with Crippen LogP contribution in [0.5, 0.6) is 0 Å². The highest BCUT2D eigenvalue weighted by Gasteiger charge is 2.55. The quantitative estimate of drug-likeness (QED) is 0.735. The van der Waals surface area contributed by atoms with E-state index in [1.54, 1.807) is 0 Å². The summed E-state index contributed by atoms with van der Waals surface area (Å²) in [6, 6.07) is 0. The van der Waals surface area contributed by atoms with Crippen LogP contribution in [0, 0.1) is 16.7 Å². The normalized spacial score (nSPS) is 33.8. The number of aliphatic carboxylic acids is 1. The van der Waals surface area contributed by atoms with Gasteiger partial charge in [0.15, 0.2) is 0 Å². The van der Waals surface area contributed by atoms with Gasteiger partial charge in [-0.3, -0.25) is 4.79 Å². The van der Waals surface area contributed by atoms with E-state index in [1.807, 2.05) is 0 Å². The second kappa shape index (κ2) is 4.15. The van der Waals surface area contributed by atoms with Crippen LogP contribution in [0.15, 0.2) is 11.6 Å². The molecule has 0 spiro atoms. The first-order valence-corrected chi connectivity index (χ1v) is 6.79. The number of carboxylic acids is 1. The number of hydrogen-bond donors (Lipinski definition) is 1. The molecule has 0 heterocycles. The van der Waals surface area contributed by atoms with Crippen molar-refractivity contribution in [2.75, 3.05) is 0 Å². The monoisotopic (exact) mass is 236 g/mol. The molecule has 0 aliphatic heterocycles.